The minimum Gasteiger partial charge on any atom is -0.361 e. The van der Waals surface area contributed by atoms with Crippen molar-refractivity contribution in [1.82, 2.24) is 15.8 Å². The minimum atomic E-state index is 0. The van der Waals surface area contributed by atoms with E-state index >= 15 is 0 Å². The number of nitrogens with one attached hydrogen (secondary N) is 2. The van der Waals surface area contributed by atoms with E-state index in [1.165, 1.54) is 24.8 Å². The molecule has 5 nitrogen and oxygen atoms in total. The fourth-order valence-corrected chi connectivity index (χ4v) is 2.41. The first-order valence-electron chi connectivity index (χ1n) is 8.53. The van der Waals surface area contributed by atoms with Crippen molar-refractivity contribution in [3.05, 3.63) is 17.0 Å². The molecule has 0 radical (unpaired) electrons. The van der Waals surface area contributed by atoms with Crippen molar-refractivity contribution < 1.29 is 4.52 Å². The largest absolute Gasteiger partial charge is 0.361 e. The number of aromatic nitrogens is 1. The van der Waals surface area contributed by atoms with Crippen LogP contribution >= 0.6 is 24.0 Å². The number of aryl methyl sites for hydroxylation is 2. The van der Waals surface area contributed by atoms with Crippen molar-refractivity contribution in [2.24, 2.45) is 10.9 Å². The molecule has 1 aromatic rings. The molecule has 6 heteroatoms. The Balaban J connectivity index is 0.00000484. The Morgan fingerprint density at radius 1 is 1.17 bits per heavy atom. The number of hydrogen-bond donors (Lipinski definition) is 2. The van der Waals surface area contributed by atoms with Crippen LogP contribution in [0.1, 0.15) is 64.0 Å². The Hall–Kier alpha value is -0.790. The highest BCUT2D eigenvalue weighted by atomic mass is 127. The van der Waals surface area contributed by atoms with Gasteiger partial charge in [-0.15, -0.1) is 24.0 Å². The summed E-state index contributed by atoms with van der Waals surface area (Å²) < 4.78 is 5.39. The number of nitrogens with zero attached hydrogens (tertiary/aromatic N) is 2. The molecular formula is C17H33IN4O. The molecule has 0 fully saturated rings. The summed E-state index contributed by atoms with van der Waals surface area (Å²) in [6.45, 7) is 10.4. The summed E-state index contributed by atoms with van der Waals surface area (Å²) in [6.07, 6.45) is 5.47. The van der Waals surface area contributed by atoms with Gasteiger partial charge in [0.25, 0.3) is 0 Å². The van der Waals surface area contributed by atoms with Gasteiger partial charge in [0.2, 0.25) is 0 Å². The number of halogens is 1. The molecule has 23 heavy (non-hydrogen) atoms. The van der Waals surface area contributed by atoms with Crippen molar-refractivity contribution in [2.45, 2.75) is 66.3 Å². The van der Waals surface area contributed by atoms with Gasteiger partial charge in [-0.25, -0.2) is 0 Å². The maximum atomic E-state index is 5.39. The highest BCUT2D eigenvalue weighted by Crippen LogP contribution is 2.15. The van der Waals surface area contributed by atoms with Crippen LogP contribution in [0.5, 0.6) is 0 Å². The highest BCUT2D eigenvalue weighted by Gasteiger charge is 2.13. The van der Waals surface area contributed by atoms with E-state index in [1.54, 1.807) is 7.05 Å². The third-order valence-corrected chi connectivity index (χ3v) is 3.76. The van der Waals surface area contributed by atoms with Gasteiger partial charge in [0.1, 0.15) is 5.76 Å². The molecule has 0 aliphatic carbocycles. The molecule has 134 valence electrons. The quantitative estimate of drug-likeness (QED) is 0.267. The summed E-state index contributed by atoms with van der Waals surface area (Å²) in [6, 6.07) is 0. The zero-order chi connectivity index (χ0) is 16.4. The van der Waals surface area contributed by atoms with Crippen molar-refractivity contribution in [1.29, 1.82) is 0 Å². The van der Waals surface area contributed by atoms with E-state index in [4.69, 9.17) is 4.52 Å². The molecule has 0 unspecified atom stereocenters. The molecule has 1 aromatic heterocycles. The lowest BCUT2D eigenvalue weighted by atomic mass is 10.1. The van der Waals surface area contributed by atoms with Crippen molar-refractivity contribution in [2.75, 3.05) is 13.6 Å². The monoisotopic (exact) mass is 436 g/mol. The number of unbranched alkanes of at least 4 members (excludes halogenated alkanes) is 1. The summed E-state index contributed by atoms with van der Waals surface area (Å²) in [5.74, 6) is 2.59. The Bertz CT molecular complexity index is 436. The molecule has 0 aliphatic rings. The molecule has 1 rings (SSSR count). The summed E-state index contributed by atoms with van der Waals surface area (Å²) in [4.78, 5) is 4.27. The average molecular weight is 436 g/mol. The third-order valence-electron chi connectivity index (χ3n) is 3.76. The topological polar surface area (TPSA) is 62.5 Å². The number of rotatable bonds is 9. The maximum absolute atomic E-state index is 5.39. The molecule has 2 N–H and O–H groups in total. The normalized spacial score (nSPS) is 11.5. The Kier molecular flexibility index (Phi) is 12.2. The second kappa shape index (κ2) is 12.6. The summed E-state index contributed by atoms with van der Waals surface area (Å²) in [7, 11) is 1.80. The van der Waals surface area contributed by atoms with Crippen molar-refractivity contribution >= 4 is 29.9 Å². The first-order chi connectivity index (χ1) is 10.6. The van der Waals surface area contributed by atoms with Crippen LogP contribution in [0, 0.1) is 5.92 Å². The van der Waals surface area contributed by atoms with Crippen molar-refractivity contribution in [3.63, 3.8) is 0 Å². The van der Waals surface area contributed by atoms with Crippen LogP contribution in [0.15, 0.2) is 9.52 Å². The van der Waals surface area contributed by atoms with Gasteiger partial charge in [-0.1, -0.05) is 45.7 Å². The van der Waals surface area contributed by atoms with Gasteiger partial charge in [-0.3, -0.25) is 4.99 Å². The van der Waals surface area contributed by atoms with Crippen LogP contribution < -0.4 is 10.6 Å². The van der Waals surface area contributed by atoms with E-state index in [1.807, 2.05) is 0 Å². The van der Waals surface area contributed by atoms with Crippen LogP contribution in [0.3, 0.4) is 0 Å². The predicted molar refractivity (Wildman–Crippen MR) is 108 cm³/mol. The van der Waals surface area contributed by atoms with E-state index < -0.39 is 0 Å². The van der Waals surface area contributed by atoms with Crippen LogP contribution in [-0.2, 0) is 19.4 Å². The van der Waals surface area contributed by atoms with Crippen LogP contribution in [0.25, 0.3) is 0 Å². The van der Waals surface area contributed by atoms with E-state index in [0.29, 0.717) is 6.54 Å². The lowest BCUT2D eigenvalue weighted by Gasteiger charge is -2.12. The van der Waals surface area contributed by atoms with E-state index in [9.17, 15) is 0 Å². The first kappa shape index (κ1) is 22.2. The zero-order valence-corrected chi connectivity index (χ0v) is 17.6. The van der Waals surface area contributed by atoms with Gasteiger partial charge in [-0.05, 0) is 18.8 Å². The third kappa shape index (κ3) is 8.04. The van der Waals surface area contributed by atoms with Gasteiger partial charge in [0, 0.05) is 32.1 Å². The smallest absolute Gasteiger partial charge is 0.191 e. The molecule has 0 saturated carbocycles. The Morgan fingerprint density at radius 2 is 1.91 bits per heavy atom. The fourth-order valence-electron chi connectivity index (χ4n) is 2.41. The average Bonchev–Trinajstić information content (AvgIpc) is 2.91. The minimum absolute atomic E-state index is 0. The number of guanidine groups is 1. The first-order valence-corrected chi connectivity index (χ1v) is 8.53. The van der Waals surface area contributed by atoms with Crippen LogP contribution in [0.4, 0.5) is 0 Å². The summed E-state index contributed by atoms with van der Waals surface area (Å²) in [5.41, 5.74) is 2.21. The van der Waals surface area contributed by atoms with Gasteiger partial charge in [0.15, 0.2) is 5.96 Å². The summed E-state index contributed by atoms with van der Waals surface area (Å²) in [5, 5.41) is 10.9. The van der Waals surface area contributed by atoms with E-state index in [2.05, 4.69) is 48.5 Å². The zero-order valence-electron chi connectivity index (χ0n) is 15.2. The molecular weight excluding hydrogens is 403 g/mol. The fraction of sp³-hybridized carbons (Fsp3) is 0.765. The lowest BCUT2D eigenvalue weighted by Crippen LogP contribution is -2.37. The van der Waals surface area contributed by atoms with E-state index in [-0.39, 0.29) is 24.0 Å². The SMILES string of the molecule is CCc1noc(CC)c1CNC(=NC)NCCCCC(C)C.I. The molecule has 0 bridgehead atoms. The maximum Gasteiger partial charge on any atom is 0.191 e. The van der Waals surface area contributed by atoms with Gasteiger partial charge in [-0.2, -0.15) is 0 Å². The standard InChI is InChI=1S/C17H32N4O.HI/c1-6-15-14(16(7-2)22-21-15)12-20-17(18-5)19-11-9-8-10-13(3)4;/h13H,6-12H2,1-5H3,(H2,18,19,20);1H. The molecule has 0 aromatic carbocycles. The highest BCUT2D eigenvalue weighted by molar-refractivity contribution is 14.0. The summed E-state index contributed by atoms with van der Waals surface area (Å²) >= 11 is 0. The predicted octanol–water partition coefficient (Wildman–Crippen LogP) is 3.91. The molecule has 0 amide bonds. The van der Waals surface area contributed by atoms with Crippen LogP contribution in [0.2, 0.25) is 0 Å². The second-order valence-corrected chi connectivity index (χ2v) is 5.98. The van der Waals surface area contributed by atoms with Gasteiger partial charge in [0.05, 0.1) is 5.69 Å². The molecule has 0 saturated heterocycles. The van der Waals surface area contributed by atoms with Gasteiger partial charge >= 0.3 is 0 Å². The van der Waals surface area contributed by atoms with Crippen molar-refractivity contribution in [3.8, 4) is 0 Å². The Labute approximate surface area is 158 Å². The van der Waals surface area contributed by atoms with Gasteiger partial charge < -0.3 is 15.2 Å². The van der Waals surface area contributed by atoms with E-state index in [0.717, 1.165) is 42.7 Å². The lowest BCUT2D eigenvalue weighted by molar-refractivity contribution is 0.380. The number of hydrogen-bond acceptors (Lipinski definition) is 3. The Morgan fingerprint density at radius 3 is 2.48 bits per heavy atom. The molecule has 0 spiro atoms. The number of aliphatic imine (C=N–C) groups is 1. The second-order valence-electron chi connectivity index (χ2n) is 5.98. The molecule has 1 heterocycles. The van der Waals surface area contributed by atoms with Crippen LogP contribution in [-0.4, -0.2) is 24.7 Å². The molecule has 0 aliphatic heterocycles. The molecule has 0 atom stereocenters.